The number of hydrogen-bond donors (Lipinski definition) is 1. The second-order valence-corrected chi connectivity index (χ2v) is 7.12. The first-order chi connectivity index (χ1) is 13.2. The van der Waals surface area contributed by atoms with Crippen LogP contribution in [0, 0.1) is 0 Å². The van der Waals surface area contributed by atoms with E-state index >= 15 is 0 Å². The van der Waals surface area contributed by atoms with Crippen molar-refractivity contribution in [3.63, 3.8) is 0 Å². The lowest BCUT2D eigenvalue weighted by molar-refractivity contribution is -0.141. The van der Waals surface area contributed by atoms with Gasteiger partial charge in [-0.05, 0) is 37.1 Å². The van der Waals surface area contributed by atoms with Crippen molar-refractivity contribution in [2.75, 3.05) is 6.54 Å². The van der Waals surface area contributed by atoms with Crippen LogP contribution in [0.25, 0.3) is 0 Å². The summed E-state index contributed by atoms with van der Waals surface area (Å²) in [5.41, 5.74) is 0.140. The predicted octanol–water partition coefficient (Wildman–Crippen LogP) is 4.60. The van der Waals surface area contributed by atoms with E-state index in [1.807, 2.05) is 6.07 Å². The molecular weight excluding hydrogens is 393 g/mol. The summed E-state index contributed by atoms with van der Waals surface area (Å²) in [6.45, 7) is 1.90. The van der Waals surface area contributed by atoms with Gasteiger partial charge >= 0.3 is 6.18 Å². The van der Waals surface area contributed by atoms with Crippen LogP contribution in [0.3, 0.4) is 0 Å². The lowest BCUT2D eigenvalue weighted by Gasteiger charge is -2.20. The van der Waals surface area contributed by atoms with Crippen LogP contribution in [0.15, 0.2) is 53.7 Å². The molecule has 1 aliphatic rings. The topological polar surface area (TPSA) is 50.7 Å². The molecule has 0 saturated carbocycles. The molecule has 2 aromatic rings. The number of oxime groups is 1. The number of hydrogen-bond acceptors (Lipinski definition) is 3. The van der Waals surface area contributed by atoms with Gasteiger partial charge in [0.1, 0.15) is 0 Å². The highest BCUT2D eigenvalue weighted by Gasteiger charge is 2.42. The average molecular weight is 411 g/mol. The van der Waals surface area contributed by atoms with Gasteiger partial charge in [0.15, 0.2) is 0 Å². The Morgan fingerprint density at radius 1 is 1.21 bits per heavy atom. The summed E-state index contributed by atoms with van der Waals surface area (Å²) in [6, 6.07) is 12.0. The number of amides is 1. The first kappa shape index (κ1) is 20.2. The summed E-state index contributed by atoms with van der Waals surface area (Å²) < 4.78 is 37.7. The molecule has 4 nitrogen and oxygen atoms in total. The smallest absolute Gasteiger partial charge is 0.379 e. The van der Waals surface area contributed by atoms with Crippen LogP contribution in [0.2, 0.25) is 5.02 Å². The Morgan fingerprint density at radius 3 is 2.54 bits per heavy atom. The van der Waals surface area contributed by atoms with Crippen LogP contribution in [0.5, 0.6) is 0 Å². The summed E-state index contributed by atoms with van der Waals surface area (Å²) in [4.78, 5) is 17.9. The van der Waals surface area contributed by atoms with Crippen molar-refractivity contribution >= 4 is 23.2 Å². The molecule has 2 aromatic carbocycles. The van der Waals surface area contributed by atoms with E-state index in [2.05, 4.69) is 10.5 Å². The van der Waals surface area contributed by atoms with Gasteiger partial charge < -0.3 is 10.2 Å². The van der Waals surface area contributed by atoms with Crippen molar-refractivity contribution in [2.24, 2.45) is 5.16 Å². The second kappa shape index (κ2) is 7.83. The summed E-state index contributed by atoms with van der Waals surface area (Å²) in [5, 5.41) is 7.28. The molecule has 1 aliphatic heterocycles. The maximum absolute atomic E-state index is 12.6. The Kier molecular flexibility index (Phi) is 5.65. The quantitative estimate of drug-likeness (QED) is 0.783. The van der Waals surface area contributed by atoms with Gasteiger partial charge in [0.05, 0.1) is 11.3 Å². The van der Waals surface area contributed by atoms with Crippen LogP contribution in [0.1, 0.15) is 30.0 Å². The third-order valence-electron chi connectivity index (χ3n) is 4.51. The Morgan fingerprint density at radius 2 is 1.89 bits per heavy atom. The molecule has 1 heterocycles. The maximum Gasteiger partial charge on any atom is 0.416 e. The number of rotatable bonds is 5. The van der Waals surface area contributed by atoms with E-state index in [0.717, 1.165) is 12.1 Å². The third-order valence-corrected chi connectivity index (χ3v) is 4.84. The summed E-state index contributed by atoms with van der Waals surface area (Å²) in [5.74, 6) is -0.342. The molecule has 0 aliphatic carbocycles. The first-order valence-corrected chi connectivity index (χ1v) is 9.01. The fourth-order valence-electron chi connectivity index (χ4n) is 2.87. The van der Waals surface area contributed by atoms with E-state index in [1.165, 1.54) is 12.1 Å². The number of nitrogens with zero attached hydrogens (tertiary/aromatic N) is 1. The molecule has 0 unspecified atom stereocenters. The van der Waals surface area contributed by atoms with Gasteiger partial charge in [-0.2, -0.15) is 13.2 Å². The van der Waals surface area contributed by atoms with E-state index < -0.39 is 17.3 Å². The maximum atomic E-state index is 12.6. The van der Waals surface area contributed by atoms with Crippen molar-refractivity contribution < 1.29 is 22.8 Å². The Balaban J connectivity index is 1.53. The highest BCUT2D eigenvalue weighted by molar-refractivity contribution is 6.34. The number of halogens is 4. The highest BCUT2D eigenvalue weighted by atomic mass is 35.5. The minimum atomic E-state index is -4.36. The molecule has 8 heteroatoms. The third kappa shape index (κ3) is 4.47. The van der Waals surface area contributed by atoms with Gasteiger partial charge in [-0.1, -0.05) is 47.1 Å². The molecule has 28 heavy (non-hydrogen) atoms. The molecule has 1 amide bonds. The molecule has 1 atom stereocenters. The SMILES string of the molecule is C[C@]1(C(=O)NCCc2ccc(C(F)(F)F)cc2)CC(c2ccccc2Cl)=NO1. The van der Waals surface area contributed by atoms with Gasteiger partial charge in [0, 0.05) is 23.6 Å². The number of carbonyl (C=O) groups is 1. The zero-order valence-corrected chi connectivity index (χ0v) is 15.8. The van der Waals surface area contributed by atoms with E-state index in [-0.39, 0.29) is 18.9 Å². The minimum absolute atomic E-state index is 0.267. The molecule has 0 saturated heterocycles. The van der Waals surface area contributed by atoms with Crippen LogP contribution >= 0.6 is 11.6 Å². The minimum Gasteiger partial charge on any atom is -0.379 e. The van der Waals surface area contributed by atoms with Crippen molar-refractivity contribution in [3.05, 3.63) is 70.2 Å². The van der Waals surface area contributed by atoms with E-state index in [4.69, 9.17) is 16.4 Å². The second-order valence-electron chi connectivity index (χ2n) is 6.72. The lowest BCUT2D eigenvalue weighted by Crippen LogP contribution is -2.45. The zero-order chi connectivity index (χ0) is 20.4. The molecule has 0 radical (unpaired) electrons. The number of carbonyl (C=O) groups excluding carboxylic acids is 1. The zero-order valence-electron chi connectivity index (χ0n) is 15.0. The van der Waals surface area contributed by atoms with Crippen LogP contribution in [0.4, 0.5) is 13.2 Å². The largest absolute Gasteiger partial charge is 0.416 e. The predicted molar refractivity (Wildman–Crippen MR) is 100 cm³/mol. The molecule has 0 spiro atoms. The summed E-state index contributed by atoms with van der Waals surface area (Å²) >= 11 is 6.16. The highest BCUT2D eigenvalue weighted by Crippen LogP contribution is 2.30. The van der Waals surface area contributed by atoms with Crippen LogP contribution in [-0.4, -0.2) is 23.8 Å². The van der Waals surface area contributed by atoms with Crippen molar-refractivity contribution in [1.82, 2.24) is 5.32 Å². The van der Waals surface area contributed by atoms with Gasteiger partial charge in [-0.3, -0.25) is 4.79 Å². The number of nitrogens with one attached hydrogen (secondary N) is 1. The number of benzene rings is 2. The molecule has 148 valence electrons. The van der Waals surface area contributed by atoms with Gasteiger partial charge in [0.25, 0.3) is 5.91 Å². The summed E-state index contributed by atoms with van der Waals surface area (Å²) in [6.07, 6.45) is -3.69. The molecular formula is C20H18ClF3N2O2. The first-order valence-electron chi connectivity index (χ1n) is 8.63. The van der Waals surface area contributed by atoms with Gasteiger partial charge in [0.2, 0.25) is 5.60 Å². The van der Waals surface area contributed by atoms with E-state index in [1.54, 1.807) is 25.1 Å². The normalized spacial score (nSPS) is 19.1. The Hall–Kier alpha value is -2.54. The van der Waals surface area contributed by atoms with Crippen molar-refractivity contribution in [1.29, 1.82) is 0 Å². The van der Waals surface area contributed by atoms with Crippen molar-refractivity contribution in [2.45, 2.75) is 31.5 Å². The number of alkyl halides is 3. The Bertz CT molecular complexity index is 897. The lowest BCUT2D eigenvalue weighted by atomic mass is 9.95. The Labute approximate surface area is 165 Å². The van der Waals surface area contributed by atoms with Crippen molar-refractivity contribution in [3.8, 4) is 0 Å². The molecule has 1 N–H and O–H groups in total. The fraction of sp³-hybridized carbons (Fsp3) is 0.300. The van der Waals surface area contributed by atoms with E-state index in [9.17, 15) is 18.0 Å². The standard InChI is InChI=1S/C20H18ClF3N2O2/c1-19(12-17(26-28-19)15-4-2-3-5-16(15)21)18(27)25-11-10-13-6-8-14(9-7-13)20(22,23)24/h2-9H,10-12H2,1H3,(H,25,27)/t19-/m1/s1. The van der Waals surface area contributed by atoms with Gasteiger partial charge in [-0.25, -0.2) is 0 Å². The monoisotopic (exact) mass is 410 g/mol. The fourth-order valence-corrected chi connectivity index (χ4v) is 3.11. The van der Waals surface area contributed by atoms with Gasteiger partial charge in [-0.15, -0.1) is 0 Å². The molecule has 0 aromatic heterocycles. The molecule has 0 fully saturated rings. The average Bonchev–Trinajstić information content (AvgIpc) is 3.05. The summed E-state index contributed by atoms with van der Waals surface area (Å²) in [7, 11) is 0. The molecule has 0 bridgehead atoms. The van der Waals surface area contributed by atoms with E-state index in [0.29, 0.717) is 28.3 Å². The van der Waals surface area contributed by atoms with Crippen LogP contribution in [-0.2, 0) is 22.2 Å². The van der Waals surface area contributed by atoms with Crippen LogP contribution < -0.4 is 5.32 Å². The molecule has 3 rings (SSSR count).